The molecular weight excluding hydrogens is 430 g/mol. The molecule has 1 amide bonds. The molecule has 0 radical (unpaired) electrons. The van der Waals surface area contributed by atoms with Crippen LogP contribution in [0.25, 0.3) is 5.76 Å². The molecule has 0 aliphatic carbocycles. The molecule has 1 atom stereocenters. The maximum atomic E-state index is 13.1. The zero-order valence-corrected chi connectivity index (χ0v) is 17.9. The van der Waals surface area contributed by atoms with Crippen LogP contribution in [0.5, 0.6) is 17.2 Å². The number of aliphatic hydroxyl groups excluding tert-OH is 1. The Morgan fingerprint density at radius 3 is 2.62 bits per heavy atom. The first kappa shape index (κ1) is 20.1. The molecule has 32 heavy (non-hydrogen) atoms. The van der Waals surface area contributed by atoms with Crippen LogP contribution in [0.4, 0.5) is 0 Å². The van der Waals surface area contributed by atoms with Gasteiger partial charge in [-0.15, -0.1) is 11.3 Å². The molecule has 2 aliphatic rings. The Labute approximate surface area is 188 Å². The maximum absolute atomic E-state index is 13.1. The predicted molar refractivity (Wildman–Crippen MR) is 118 cm³/mol. The van der Waals surface area contributed by atoms with Crippen molar-refractivity contribution in [3.63, 3.8) is 0 Å². The first-order valence-electron chi connectivity index (χ1n) is 9.91. The van der Waals surface area contributed by atoms with Crippen LogP contribution in [0.2, 0.25) is 0 Å². The minimum Gasteiger partial charge on any atom is -0.507 e. The quantitative estimate of drug-likeness (QED) is 0.359. The third-order valence-electron chi connectivity index (χ3n) is 5.52. The van der Waals surface area contributed by atoms with Crippen molar-refractivity contribution in [2.45, 2.75) is 12.6 Å². The second kappa shape index (κ2) is 8.05. The van der Waals surface area contributed by atoms with Crippen molar-refractivity contribution in [3.05, 3.63) is 81.6 Å². The van der Waals surface area contributed by atoms with E-state index < -0.39 is 17.7 Å². The van der Waals surface area contributed by atoms with Crippen LogP contribution in [-0.4, -0.2) is 35.6 Å². The van der Waals surface area contributed by atoms with Gasteiger partial charge in [0.15, 0.2) is 11.5 Å². The number of methoxy groups -OCH3 is 1. The smallest absolute Gasteiger partial charge is 0.295 e. The summed E-state index contributed by atoms with van der Waals surface area (Å²) in [6, 6.07) is 15.1. The molecule has 0 saturated carbocycles. The Balaban J connectivity index is 1.63. The summed E-state index contributed by atoms with van der Waals surface area (Å²) in [5.74, 6) is 0.0594. The van der Waals surface area contributed by atoms with E-state index in [0.717, 1.165) is 4.88 Å². The summed E-state index contributed by atoms with van der Waals surface area (Å²) in [7, 11) is 1.57. The number of carbonyl (C=O) groups excluding carboxylic acids is 2. The number of rotatable bonds is 5. The fourth-order valence-corrected chi connectivity index (χ4v) is 4.65. The summed E-state index contributed by atoms with van der Waals surface area (Å²) in [5.41, 5.74) is 1.11. The highest BCUT2D eigenvalue weighted by atomic mass is 32.1. The minimum atomic E-state index is -0.742. The van der Waals surface area contributed by atoms with Crippen molar-refractivity contribution in [1.82, 2.24) is 4.90 Å². The molecule has 7 nitrogen and oxygen atoms in total. The van der Waals surface area contributed by atoms with Gasteiger partial charge in [-0.2, -0.15) is 0 Å². The first-order chi connectivity index (χ1) is 15.6. The molecular formula is C24H19NO6S. The van der Waals surface area contributed by atoms with E-state index in [1.54, 1.807) is 49.6 Å². The number of benzene rings is 2. The van der Waals surface area contributed by atoms with Crippen LogP contribution in [0.1, 0.15) is 22.0 Å². The van der Waals surface area contributed by atoms with Gasteiger partial charge in [0.25, 0.3) is 11.7 Å². The predicted octanol–water partition coefficient (Wildman–Crippen LogP) is 4.11. The molecule has 5 rings (SSSR count). The van der Waals surface area contributed by atoms with E-state index in [1.165, 1.54) is 16.2 Å². The maximum Gasteiger partial charge on any atom is 0.295 e. The van der Waals surface area contributed by atoms with E-state index in [0.29, 0.717) is 28.4 Å². The summed E-state index contributed by atoms with van der Waals surface area (Å²) in [6.07, 6.45) is 0. The van der Waals surface area contributed by atoms with E-state index in [4.69, 9.17) is 14.2 Å². The Morgan fingerprint density at radius 2 is 1.91 bits per heavy atom. The fourth-order valence-electron chi connectivity index (χ4n) is 3.95. The number of ketones is 1. The lowest BCUT2D eigenvalue weighted by atomic mass is 9.95. The highest BCUT2D eigenvalue weighted by Gasteiger charge is 2.46. The largest absolute Gasteiger partial charge is 0.507 e. The van der Waals surface area contributed by atoms with Crippen LogP contribution in [0, 0.1) is 0 Å². The van der Waals surface area contributed by atoms with Crippen molar-refractivity contribution >= 4 is 28.8 Å². The number of Topliss-reactive ketones (excluding diaryl/α,β-unsaturated/α-hetero) is 1. The van der Waals surface area contributed by atoms with Crippen LogP contribution >= 0.6 is 11.3 Å². The lowest BCUT2D eigenvalue weighted by molar-refractivity contribution is -0.140. The number of ether oxygens (including phenoxy) is 3. The second-order valence-corrected chi connectivity index (χ2v) is 8.38. The van der Waals surface area contributed by atoms with Gasteiger partial charge in [0, 0.05) is 10.4 Å². The van der Waals surface area contributed by atoms with Gasteiger partial charge in [0.1, 0.15) is 11.5 Å². The third-order valence-corrected chi connectivity index (χ3v) is 6.38. The van der Waals surface area contributed by atoms with Crippen molar-refractivity contribution in [3.8, 4) is 17.2 Å². The number of aliphatic hydroxyl groups is 1. The number of carbonyl (C=O) groups is 2. The summed E-state index contributed by atoms with van der Waals surface area (Å²) in [5, 5.41) is 13.1. The minimum absolute atomic E-state index is 0.0376. The molecule has 0 spiro atoms. The number of amides is 1. The van der Waals surface area contributed by atoms with Crippen LogP contribution in [-0.2, 0) is 16.1 Å². The number of fused-ring (bicyclic) bond motifs is 1. The fraction of sp³-hybridized carbons (Fsp3) is 0.167. The van der Waals surface area contributed by atoms with Crippen molar-refractivity contribution in [1.29, 1.82) is 0 Å². The van der Waals surface area contributed by atoms with Gasteiger partial charge in [-0.3, -0.25) is 9.59 Å². The molecule has 2 aromatic carbocycles. The van der Waals surface area contributed by atoms with E-state index in [2.05, 4.69) is 0 Å². The Bertz CT molecular complexity index is 1220. The molecule has 8 heteroatoms. The zero-order valence-electron chi connectivity index (χ0n) is 17.1. The summed E-state index contributed by atoms with van der Waals surface area (Å²) in [4.78, 5) is 28.6. The summed E-state index contributed by atoms with van der Waals surface area (Å²) in [6.45, 7) is 0.355. The molecule has 1 fully saturated rings. The highest BCUT2D eigenvalue weighted by molar-refractivity contribution is 7.09. The Kier molecular flexibility index (Phi) is 5.07. The second-order valence-electron chi connectivity index (χ2n) is 7.35. The molecule has 2 aliphatic heterocycles. The molecule has 1 saturated heterocycles. The average Bonchev–Trinajstić information content (AvgIpc) is 3.55. The van der Waals surface area contributed by atoms with Crippen molar-refractivity contribution in [2.24, 2.45) is 0 Å². The molecule has 1 N–H and O–H groups in total. The van der Waals surface area contributed by atoms with E-state index >= 15 is 0 Å². The van der Waals surface area contributed by atoms with Crippen LogP contribution in [0.15, 0.2) is 65.6 Å². The monoisotopic (exact) mass is 449 g/mol. The number of likely N-dealkylation sites (tertiary alicyclic amines) is 1. The van der Waals surface area contributed by atoms with Crippen LogP contribution < -0.4 is 14.2 Å². The molecule has 3 aromatic rings. The first-order valence-corrected chi connectivity index (χ1v) is 10.8. The normalized spacial score (nSPS) is 18.9. The van der Waals surface area contributed by atoms with E-state index in [1.807, 2.05) is 17.5 Å². The lowest BCUT2D eigenvalue weighted by Crippen LogP contribution is -2.28. The molecule has 0 bridgehead atoms. The molecule has 3 heterocycles. The molecule has 162 valence electrons. The van der Waals surface area contributed by atoms with Gasteiger partial charge in [0.2, 0.25) is 6.79 Å². The summed E-state index contributed by atoms with van der Waals surface area (Å²) >= 11 is 1.50. The molecule has 1 unspecified atom stereocenters. The highest BCUT2D eigenvalue weighted by Crippen LogP contribution is 2.42. The number of nitrogens with zero attached hydrogens (tertiary/aromatic N) is 1. The SMILES string of the molecule is COc1ccc(C2/C(=C(\O)c3ccc4c(c3)OCO4)C(=O)C(=O)N2Cc2cccs2)cc1. The van der Waals surface area contributed by atoms with Crippen molar-refractivity contribution in [2.75, 3.05) is 13.9 Å². The van der Waals surface area contributed by atoms with Gasteiger partial charge < -0.3 is 24.2 Å². The van der Waals surface area contributed by atoms with E-state index in [-0.39, 0.29) is 24.7 Å². The third kappa shape index (κ3) is 3.38. The average molecular weight is 449 g/mol. The van der Waals surface area contributed by atoms with Crippen LogP contribution in [0.3, 0.4) is 0 Å². The van der Waals surface area contributed by atoms with Gasteiger partial charge in [0.05, 0.1) is 25.3 Å². The standard InChI is InChI=1S/C24H19NO6S/c1-29-16-7-4-14(5-8-16)21-20(22(26)15-6-9-18-19(11-15)31-13-30-18)23(27)24(28)25(21)12-17-3-2-10-32-17/h2-11,21,26H,12-13H2,1H3/b22-20+. The number of thiophene rings is 1. The topological polar surface area (TPSA) is 85.3 Å². The van der Waals surface area contributed by atoms with Gasteiger partial charge in [-0.1, -0.05) is 18.2 Å². The summed E-state index contributed by atoms with van der Waals surface area (Å²) < 4.78 is 16.0. The van der Waals surface area contributed by atoms with Crippen molar-refractivity contribution < 1.29 is 28.9 Å². The van der Waals surface area contributed by atoms with Gasteiger partial charge in [-0.05, 0) is 47.3 Å². The van der Waals surface area contributed by atoms with E-state index in [9.17, 15) is 14.7 Å². The Morgan fingerprint density at radius 1 is 1.12 bits per heavy atom. The Hall–Kier alpha value is -3.78. The van der Waals surface area contributed by atoms with Gasteiger partial charge >= 0.3 is 0 Å². The number of hydrogen-bond acceptors (Lipinski definition) is 7. The number of hydrogen-bond donors (Lipinski definition) is 1. The van der Waals surface area contributed by atoms with Gasteiger partial charge in [-0.25, -0.2) is 0 Å². The molecule has 1 aromatic heterocycles. The lowest BCUT2D eigenvalue weighted by Gasteiger charge is -2.25. The zero-order chi connectivity index (χ0) is 22.2.